The van der Waals surface area contributed by atoms with Gasteiger partial charge in [0.1, 0.15) is 20.0 Å². The summed E-state index contributed by atoms with van der Waals surface area (Å²) in [5.74, 6) is 0.471. The fraction of sp³-hybridized carbons (Fsp3) is 0.667. The number of sulfone groups is 1. The molecule has 2 heterocycles. The van der Waals surface area contributed by atoms with Gasteiger partial charge in [-0.25, -0.2) is 13.4 Å². The summed E-state index contributed by atoms with van der Waals surface area (Å²) in [6.45, 7) is 19.2. The molecule has 2 rings (SSSR count). The summed E-state index contributed by atoms with van der Waals surface area (Å²) >= 11 is 2.14. The van der Waals surface area contributed by atoms with Crippen LogP contribution in [0.5, 0.6) is 5.75 Å². The van der Waals surface area contributed by atoms with Crippen molar-refractivity contribution in [3.63, 3.8) is 0 Å². The summed E-state index contributed by atoms with van der Waals surface area (Å²) < 4.78 is 40.5. The number of nitrogens with zero attached hydrogens (tertiary/aromatic N) is 2. The van der Waals surface area contributed by atoms with E-state index in [-0.39, 0.29) is 15.9 Å². The minimum absolute atomic E-state index is 0.125. The highest BCUT2D eigenvalue weighted by molar-refractivity contribution is 14.1. The molecule has 0 aliphatic carbocycles. The van der Waals surface area contributed by atoms with Gasteiger partial charge in [-0.2, -0.15) is 0 Å². The number of fused-ring (bicyclic) bond motifs is 1. The first-order chi connectivity index (χ1) is 13.5. The molecule has 0 radical (unpaired) electrons. The fourth-order valence-corrected chi connectivity index (χ4v) is 5.40. The van der Waals surface area contributed by atoms with Gasteiger partial charge in [0.05, 0.1) is 17.6 Å². The zero-order chi connectivity index (χ0) is 23.1. The highest BCUT2D eigenvalue weighted by Crippen LogP contribution is 2.37. The van der Waals surface area contributed by atoms with Crippen LogP contribution in [0, 0.1) is 9.62 Å². The summed E-state index contributed by atoms with van der Waals surface area (Å²) in [5.41, 5.74) is 0.660. The number of hydrogen-bond donors (Lipinski definition) is 0. The molecule has 170 valence electrons. The number of pyridine rings is 1. The van der Waals surface area contributed by atoms with Crippen molar-refractivity contribution in [3.8, 4) is 5.75 Å². The van der Waals surface area contributed by atoms with Crippen molar-refractivity contribution in [1.29, 1.82) is 0 Å². The van der Waals surface area contributed by atoms with Crippen molar-refractivity contribution in [2.45, 2.75) is 76.2 Å². The predicted molar refractivity (Wildman–Crippen MR) is 133 cm³/mol. The van der Waals surface area contributed by atoms with Crippen molar-refractivity contribution in [2.24, 2.45) is 5.92 Å². The molecule has 2 aromatic heterocycles. The van der Waals surface area contributed by atoms with Crippen LogP contribution < -0.4 is 4.74 Å². The van der Waals surface area contributed by atoms with Gasteiger partial charge in [-0.05, 0) is 61.5 Å². The Hall–Kier alpha value is -0.653. The van der Waals surface area contributed by atoms with Crippen LogP contribution in [-0.2, 0) is 14.3 Å². The molecule has 9 heteroatoms. The van der Waals surface area contributed by atoms with Crippen LogP contribution in [0.25, 0.3) is 5.65 Å². The maximum atomic E-state index is 13.2. The van der Waals surface area contributed by atoms with E-state index < -0.39 is 22.9 Å². The maximum Gasteiger partial charge on any atom is 0.191 e. The molecule has 0 fully saturated rings. The van der Waals surface area contributed by atoms with E-state index in [0.29, 0.717) is 24.6 Å². The third-order valence-electron chi connectivity index (χ3n) is 5.68. The van der Waals surface area contributed by atoms with Gasteiger partial charge in [0, 0.05) is 24.8 Å². The molecule has 0 aliphatic heterocycles. The van der Waals surface area contributed by atoms with Crippen LogP contribution in [0.1, 0.15) is 48.5 Å². The molecule has 0 aliphatic rings. The Kier molecular flexibility index (Phi) is 7.43. The van der Waals surface area contributed by atoms with E-state index in [0.717, 1.165) is 3.70 Å². The highest BCUT2D eigenvalue weighted by atomic mass is 127. The first-order valence-corrected chi connectivity index (χ1v) is 15.6. The number of imidazole rings is 1. The molecule has 0 N–H and O–H groups in total. The SMILES string of the molecule is C[C@H](COc1cc2ncc(I)n2cc1S(=O)(=O)C(C)(C)C)CO[Si](C)(C)C(C)(C)C. The van der Waals surface area contributed by atoms with Crippen molar-refractivity contribution < 1.29 is 17.6 Å². The average Bonchev–Trinajstić information content (AvgIpc) is 2.95. The van der Waals surface area contributed by atoms with Gasteiger partial charge in [-0.1, -0.05) is 27.7 Å². The summed E-state index contributed by atoms with van der Waals surface area (Å²) in [6.07, 6.45) is 3.33. The second kappa shape index (κ2) is 8.71. The highest BCUT2D eigenvalue weighted by Gasteiger charge is 2.37. The third-order valence-corrected chi connectivity index (χ3v) is 13.5. The molecule has 0 unspecified atom stereocenters. The first kappa shape index (κ1) is 25.6. The Labute approximate surface area is 195 Å². The van der Waals surface area contributed by atoms with Crippen LogP contribution in [0.4, 0.5) is 0 Å². The lowest BCUT2D eigenvalue weighted by Gasteiger charge is -2.37. The van der Waals surface area contributed by atoms with Crippen LogP contribution in [0.3, 0.4) is 0 Å². The van der Waals surface area contributed by atoms with Crippen molar-refractivity contribution in [3.05, 3.63) is 22.2 Å². The molecule has 0 aromatic carbocycles. The van der Waals surface area contributed by atoms with Crippen molar-refractivity contribution in [1.82, 2.24) is 9.38 Å². The normalized spacial score (nSPS) is 14.9. The van der Waals surface area contributed by atoms with Crippen molar-refractivity contribution >= 4 is 46.4 Å². The lowest BCUT2D eigenvalue weighted by atomic mass is 10.2. The molecule has 0 amide bonds. The standard InChI is InChI=1S/C21H35IN2O4SSi/c1-15(14-28-30(8,9)21(5,6)7)13-27-16-10-19-23-11-18(22)24(19)12-17(16)29(25,26)20(2,3)4/h10-12,15H,13-14H2,1-9H3/t15-/m1/s1. The van der Waals surface area contributed by atoms with Crippen molar-refractivity contribution in [2.75, 3.05) is 13.2 Å². The number of hydrogen-bond acceptors (Lipinski definition) is 5. The number of halogens is 1. The second-order valence-corrected chi connectivity index (χ2v) is 19.0. The molecular formula is C21H35IN2O4SSi. The van der Waals surface area contributed by atoms with E-state index in [9.17, 15) is 8.42 Å². The Bertz CT molecular complexity index is 1000. The second-order valence-electron chi connectivity index (χ2n) is 10.4. The van der Waals surface area contributed by atoms with E-state index in [1.807, 2.05) is 0 Å². The fourth-order valence-electron chi connectivity index (χ4n) is 2.45. The molecule has 6 nitrogen and oxygen atoms in total. The number of ether oxygens (including phenoxy) is 1. The topological polar surface area (TPSA) is 69.9 Å². The van der Waals surface area contributed by atoms with E-state index in [2.05, 4.69) is 68.4 Å². The molecular weight excluding hydrogens is 531 g/mol. The number of aromatic nitrogens is 2. The average molecular weight is 567 g/mol. The summed E-state index contributed by atoms with van der Waals surface area (Å²) in [4.78, 5) is 4.54. The van der Waals surface area contributed by atoms with Gasteiger partial charge in [0.25, 0.3) is 0 Å². The Balaban J connectivity index is 2.28. The third kappa shape index (κ3) is 5.39. The van der Waals surface area contributed by atoms with E-state index >= 15 is 0 Å². The summed E-state index contributed by atoms with van der Waals surface area (Å²) in [6, 6.07) is 1.71. The van der Waals surface area contributed by atoms with Gasteiger partial charge in [0.15, 0.2) is 18.2 Å². The first-order valence-electron chi connectivity index (χ1n) is 10.2. The Morgan fingerprint density at radius 2 is 1.77 bits per heavy atom. The lowest BCUT2D eigenvalue weighted by Crippen LogP contribution is -2.42. The van der Waals surface area contributed by atoms with Crippen LogP contribution >= 0.6 is 22.6 Å². The van der Waals surface area contributed by atoms with Crippen LogP contribution in [-0.4, -0.2) is 44.1 Å². The van der Waals surface area contributed by atoms with Gasteiger partial charge < -0.3 is 9.16 Å². The predicted octanol–water partition coefficient (Wildman–Crippen LogP) is 5.55. The molecule has 1 atom stereocenters. The van der Waals surface area contributed by atoms with E-state index in [4.69, 9.17) is 9.16 Å². The smallest absolute Gasteiger partial charge is 0.191 e. The Morgan fingerprint density at radius 1 is 1.17 bits per heavy atom. The quantitative estimate of drug-likeness (QED) is 0.325. The summed E-state index contributed by atoms with van der Waals surface area (Å²) in [5, 5.41) is 0.143. The zero-order valence-corrected chi connectivity index (χ0v) is 23.5. The van der Waals surface area contributed by atoms with Crippen LogP contribution in [0.2, 0.25) is 18.1 Å². The molecule has 0 bridgehead atoms. The molecule has 0 saturated carbocycles. The largest absolute Gasteiger partial charge is 0.492 e. The minimum atomic E-state index is -3.60. The summed E-state index contributed by atoms with van der Waals surface area (Å²) in [7, 11) is -5.44. The lowest BCUT2D eigenvalue weighted by molar-refractivity contribution is 0.175. The number of rotatable bonds is 7. The van der Waals surface area contributed by atoms with Gasteiger partial charge >= 0.3 is 0 Å². The molecule has 0 spiro atoms. The monoisotopic (exact) mass is 566 g/mol. The maximum absolute atomic E-state index is 13.2. The zero-order valence-electron chi connectivity index (χ0n) is 19.5. The van der Waals surface area contributed by atoms with Gasteiger partial charge in [0.2, 0.25) is 0 Å². The molecule has 30 heavy (non-hydrogen) atoms. The van der Waals surface area contributed by atoms with E-state index in [1.165, 1.54) is 0 Å². The molecule has 2 aromatic rings. The Morgan fingerprint density at radius 3 is 2.30 bits per heavy atom. The molecule has 0 saturated heterocycles. The van der Waals surface area contributed by atoms with Gasteiger partial charge in [-0.3, -0.25) is 4.40 Å². The van der Waals surface area contributed by atoms with Crippen LogP contribution in [0.15, 0.2) is 23.4 Å². The minimum Gasteiger partial charge on any atom is -0.492 e. The van der Waals surface area contributed by atoms with Gasteiger partial charge in [-0.15, -0.1) is 0 Å². The van der Waals surface area contributed by atoms with E-state index in [1.54, 1.807) is 43.6 Å².